The fraction of sp³-hybridized carbons (Fsp3) is 0.810. The van der Waals surface area contributed by atoms with Gasteiger partial charge in [0.25, 0.3) is 0 Å². The number of hydrogen-bond acceptors (Lipinski definition) is 7. The van der Waals surface area contributed by atoms with Gasteiger partial charge in [-0.25, -0.2) is 4.79 Å². The first-order valence-corrected chi connectivity index (χ1v) is 10.6. The van der Waals surface area contributed by atoms with Crippen molar-refractivity contribution in [1.82, 2.24) is 0 Å². The Morgan fingerprint density at radius 1 is 0.714 bits per heavy atom. The Kier molecular flexibility index (Phi) is 14.2. The van der Waals surface area contributed by atoms with Crippen LogP contribution in [0.15, 0.2) is 0 Å². The van der Waals surface area contributed by atoms with Gasteiger partial charge in [0, 0.05) is 6.42 Å². The SMILES string of the molecule is CCCCC(CC)C(=O)OC(=O)CC[C@H](N)C(=O)OC(=O)C(CC)CCCC. The van der Waals surface area contributed by atoms with Crippen molar-refractivity contribution >= 4 is 23.9 Å². The highest BCUT2D eigenvalue weighted by molar-refractivity contribution is 5.90. The lowest BCUT2D eigenvalue weighted by atomic mass is 9.99. The van der Waals surface area contributed by atoms with Gasteiger partial charge in [-0.3, -0.25) is 14.4 Å². The van der Waals surface area contributed by atoms with Crippen molar-refractivity contribution in [2.75, 3.05) is 0 Å². The Balaban J connectivity index is 4.38. The highest BCUT2D eigenvalue weighted by Crippen LogP contribution is 2.16. The van der Waals surface area contributed by atoms with Crippen LogP contribution in [0.2, 0.25) is 0 Å². The number of nitrogens with two attached hydrogens (primary N) is 1. The number of unbranched alkanes of at least 4 members (excludes halogenated alkanes) is 2. The van der Waals surface area contributed by atoms with Crippen LogP contribution in [-0.2, 0) is 28.7 Å². The zero-order valence-corrected chi connectivity index (χ0v) is 17.8. The molecule has 0 spiro atoms. The lowest BCUT2D eigenvalue weighted by Gasteiger charge is -2.15. The fourth-order valence-corrected chi connectivity index (χ4v) is 2.77. The first-order chi connectivity index (χ1) is 13.3. The van der Waals surface area contributed by atoms with E-state index in [1.165, 1.54) is 0 Å². The Hall–Kier alpha value is -1.76. The van der Waals surface area contributed by atoms with Crippen LogP contribution in [0.5, 0.6) is 0 Å². The fourth-order valence-electron chi connectivity index (χ4n) is 2.77. The Morgan fingerprint density at radius 3 is 1.61 bits per heavy atom. The molecule has 0 bridgehead atoms. The minimum Gasteiger partial charge on any atom is -0.393 e. The number of esters is 4. The van der Waals surface area contributed by atoms with Crippen molar-refractivity contribution in [3.63, 3.8) is 0 Å². The summed E-state index contributed by atoms with van der Waals surface area (Å²) in [6.45, 7) is 7.79. The van der Waals surface area contributed by atoms with Crippen LogP contribution in [0, 0.1) is 11.8 Å². The smallest absolute Gasteiger partial charge is 0.330 e. The molecule has 0 radical (unpaired) electrons. The summed E-state index contributed by atoms with van der Waals surface area (Å²) < 4.78 is 9.71. The lowest BCUT2D eigenvalue weighted by Crippen LogP contribution is -2.36. The highest BCUT2D eigenvalue weighted by Gasteiger charge is 2.26. The number of ether oxygens (including phenoxy) is 2. The van der Waals surface area contributed by atoms with Crippen molar-refractivity contribution in [3.05, 3.63) is 0 Å². The van der Waals surface area contributed by atoms with Gasteiger partial charge in [0.2, 0.25) is 0 Å². The van der Waals surface area contributed by atoms with Crippen LogP contribution in [0.3, 0.4) is 0 Å². The van der Waals surface area contributed by atoms with Gasteiger partial charge >= 0.3 is 23.9 Å². The van der Waals surface area contributed by atoms with E-state index in [1.807, 2.05) is 27.7 Å². The average Bonchev–Trinajstić information content (AvgIpc) is 2.67. The third-order valence-corrected chi connectivity index (χ3v) is 4.84. The largest absolute Gasteiger partial charge is 0.393 e. The summed E-state index contributed by atoms with van der Waals surface area (Å²) in [5, 5.41) is 0. The molecule has 0 saturated carbocycles. The second-order valence-corrected chi connectivity index (χ2v) is 7.17. The van der Waals surface area contributed by atoms with Gasteiger partial charge in [-0.15, -0.1) is 0 Å². The quantitative estimate of drug-likeness (QED) is 0.350. The highest BCUT2D eigenvalue weighted by atomic mass is 16.6. The van der Waals surface area contributed by atoms with E-state index >= 15 is 0 Å². The lowest BCUT2D eigenvalue weighted by molar-refractivity contribution is -0.164. The van der Waals surface area contributed by atoms with E-state index < -0.39 is 29.9 Å². The minimum absolute atomic E-state index is 0.0459. The molecule has 0 saturated heterocycles. The third-order valence-electron chi connectivity index (χ3n) is 4.84. The molecule has 0 heterocycles. The number of carbonyl (C=O) groups is 4. The van der Waals surface area contributed by atoms with E-state index in [4.69, 9.17) is 15.2 Å². The van der Waals surface area contributed by atoms with Crippen LogP contribution >= 0.6 is 0 Å². The van der Waals surface area contributed by atoms with Crippen molar-refractivity contribution in [2.45, 2.75) is 97.9 Å². The summed E-state index contributed by atoms with van der Waals surface area (Å²) >= 11 is 0. The van der Waals surface area contributed by atoms with Gasteiger partial charge in [0.1, 0.15) is 6.04 Å². The molecule has 162 valence electrons. The zero-order chi connectivity index (χ0) is 21.5. The van der Waals surface area contributed by atoms with E-state index in [1.54, 1.807) is 0 Å². The van der Waals surface area contributed by atoms with Gasteiger partial charge in [-0.05, 0) is 32.1 Å². The zero-order valence-electron chi connectivity index (χ0n) is 17.8. The number of carbonyl (C=O) groups excluding carboxylic acids is 4. The molecular weight excluding hydrogens is 362 g/mol. The van der Waals surface area contributed by atoms with Crippen LogP contribution in [0.4, 0.5) is 0 Å². The Labute approximate surface area is 168 Å². The Morgan fingerprint density at radius 2 is 1.18 bits per heavy atom. The molecular formula is C21H37NO6. The maximum atomic E-state index is 12.0. The molecule has 3 atom stereocenters. The molecule has 0 aliphatic carbocycles. The molecule has 0 aromatic heterocycles. The van der Waals surface area contributed by atoms with Crippen LogP contribution < -0.4 is 5.73 Å². The second-order valence-electron chi connectivity index (χ2n) is 7.17. The van der Waals surface area contributed by atoms with Gasteiger partial charge in [0.05, 0.1) is 11.8 Å². The molecule has 2 N–H and O–H groups in total. The molecule has 7 heteroatoms. The van der Waals surface area contributed by atoms with E-state index in [0.717, 1.165) is 25.7 Å². The summed E-state index contributed by atoms with van der Waals surface area (Å²) in [6.07, 6.45) is 6.00. The molecule has 0 rings (SSSR count). The van der Waals surface area contributed by atoms with E-state index in [2.05, 4.69) is 0 Å². The third kappa shape index (κ3) is 10.5. The van der Waals surface area contributed by atoms with Gasteiger partial charge in [-0.2, -0.15) is 0 Å². The summed E-state index contributed by atoms with van der Waals surface area (Å²) in [7, 11) is 0. The van der Waals surface area contributed by atoms with Crippen molar-refractivity contribution < 1.29 is 28.7 Å². The summed E-state index contributed by atoms with van der Waals surface area (Å²) in [5.74, 6) is -3.30. The molecule has 7 nitrogen and oxygen atoms in total. The number of hydrogen-bond donors (Lipinski definition) is 1. The second kappa shape index (κ2) is 15.2. The van der Waals surface area contributed by atoms with Crippen LogP contribution in [-0.4, -0.2) is 29.9 Å². The molecule has 0 aromatic rings. The molecule has 0 fully saturated rings. The molecule has 0 amide bonds. The summed E-state index contributed by atoms with van der Waals surface area (Å²) in [6, 6.07) is -1.11. The van der Waals surface area contributed by atoms with Gasteiger partial charge in [-0.1, -0.05) is 53.4 Å². The summed E-state index contributed by atoms with van der Waals surface area (Å²) in [4.78, 5) is 47.9. The van der Waals surface area contributed by atoms with Crippen molar-refractivity contribution in [3.8, 4) is 0 Å². The predicted octanol–water partition coefficient (Wildman–Crippen LogP) is 3.67. The number of rotatable bonds is 14. The summed E-state index contributed by atoms with van der Waals surface area (Å²) in [5.41, 5.74) is 5.72. The van der Waals surface area contributed by atoms with Crippen molar-refractivity contribution in [1.29, 1.82) is 0 Å². The Bertz CT molecular complexity index is 505. The topological polar surface area (TPSA) is 113 Å². The van der Waals surface area contributed by atoms with Crippen LogP contribution in [0.25, 0.3) is 0 Å². The maximum absolute atomic E-state index is 12.0. The first-order valence-electron chi connectivity index (χ1n) is 10.6. The average molecular weight is 400 g/mol. The van der Waals surface area contributed by atoms with E-state index in [0.29, 0.717) is 25.7 Å². The van der Waals surface area contributed by atoms with Gasteiger partial charge in [0.15, 0.2) is 0 Å². The predicted molar refractivity (Wildman–Crippen MR) is 106 cm³/mol. The molecule has 2 unspecified atom stereocenters. The maximum Gasteiger partial charge on any atom is 0.330 e. The molecule has 0 aromatic carbocycles. The first kappa shape index (κ1) is 26.2. The van der Waals surface area contributed by atoms with Crippen LogP contribution in [0.1, 0.15) is 91.9 Å². The molecule has 0 aliphatic rings. The normalized spacial score (nSPS) is 14.0. The molecule has 28 heavy (non-hydrogen) atoms. The standard InChI is InChI=1S/C21H37NO6/c1-5-9-11-15(7-3)19(24)27-18(23)14-13-17(22)21(26)28-20(25)16(8-4)12-10-6-2/h15-17H,5-14,22H2,1-4H3/t15?,16?,17-/m0/s1. The van der Waals surface area contributed by atoms with Gasteiger partial charge < -0.3 is 15.2 Å². The van der Waals surface area contributed by atoms with E-state index in [-0.39, 0.29) is 24.7 Å². The van der Waals surface area contributed by atoms with E-state index in [9.17, 15) is 19.2 Å². The van der Waals surface area contributed by atoms with Crippen molar-refractivity contribution in [2.24, 2.45) is 17.6 Å². The minimum atomic E-state index is -1.11. The monoisotopic (exact) mass is 399 g/mol. The molecule has 0 aliphatic heterocycles.